The van der Waals surface area contributed by atoms with Gasteiger partial charge in [0.05, 0.1) is 18.2 Å². The van der Waals surface area contributed by atoms with Gasteiger partial charge in [0, 0.05) is 5.92 Å². The molecule has 0 amide bonds. The Labute approximate surface area is 145 Å². The topological polar surface area (TPSA) is 91.3 Å². The Hall–Kier alpha value is -2.22. The molecule has 2 aliphatic rings. The molecule has 0 aliphatic carbocycles. The fourth-order valence-electron chi connectivity index (χ4n) is 3.38. The molecule has 2 bridgehead atoms. The number of benzene rings is 1. The van der Waals surface area contributed by atoms with Gasteiger partial charge in [-0.25, -0.2) is 9.59 Å². The molecule has 1 aromatic carbocycles. The van der Waals surface area contributed by atoms with E-state index in [0.717, 1.165) is 5.57 Å². The Bertz CT molecular complexity index is 711. The molecule has 1 N–H and O–H groups in total. The summed E-state index contributed by atoms with van der Waals surface area (Å²) in [5, 5.41) is 10.5. The molecule has 1 saturated heterocycles. The fraction of sp³-hybridized carbons (Fsp3) is 0.444. The van der Waals surface area contributed by atoms with Crippen molar-refractivity contribution < 1.29 is 33.9 Å². The van der Waals surface area contributed by atoms with Crippen LogP contribution in [0.2, 0.25) is 0 Å². The smallest absolute Gasteiger partial charge is 0.373 e. The standard InChI is InChI=1S/C18H20O7/c1-9-8-10(2)15-16(13(19)14(9)23-15)24-17(20)11-6-4-5-7-12(11)18(21)25-22-3/h4-8,10,13-16,19H,1-3H3/t10-,13+,14-,15+,16-/m1/s1. The van der Waals surface area contributed by atoms with Gasteiger partial charge in [-0.3, -0.25) is 4.89 Å². The van der Waals surface area contributed by atoms with Gasteiger partial charge >= 0.3 is 11.9 Å². The van der Waals surface area contributed by atoms with Crippen LogP contribution >= 0.6 is 0 Å². The van der Waals surface area contributed by atoms with Gasteiger partial charge in [-0.05, 0) is 24.6 Å². The zero-order valence-electron chi connectivity index (χ0n) is 14.2. The number of hydrogen-bond donors (Lipinski definition) is 1. The minimum absolute atomic E-state index is 0.0000922. The predicted octanol–water partition coefficient (Wildman–Crippen LogP) is 1.65. The molecule has 134 valence electrons. The minimum atomic E-state index is -0.951. The lowest BCUT2D eigenvalue weighted by atomic mass is 9.99. The molecule has 7 nitrogen and oxygen atoms in total. The lowest BCUT2D eigenvalue weighted by Crippen LogP contribution is -2.38. The zero-order chi connectivity index (χ0) is 18.1. The van der Waals surface area contributed by atoms with Gasteiger partial charge < -0.3 is 14.6 Å². The second kappa shape index (κ2) is 6.95. The van der Waals surface area contributed by atoms with E-state index in [1.807, 2.05) is 19.9 Å². The second-order valence-corrected chi connectivity index (χ2v) is 6.23. The Balaban J connectivity index is 1.81. The summed E-state index contributed by atoms with van der Waals surface area (Å²) in [6.45, 7) is 3.81. The third kappa shape index (κ3) is 3.18. The van der Waals surface area contributed by atoms with Crippen molar-refractivity contribution in [1.29, 1.82) is 0 Å². The van der Waals surface area contributed by atoms with Crippen molar-refractivity contribution in [3.05, 3.63) is 47.0 Å². The maximum absolute atomic E-state index is 12.6. The molecule has 1 fully saturated rings. The first-order valence-electron chi connectivity index (χ1n) is 8.01. The Morgan fingerprint density at radius 2 is 1.80 bits per heavy atom. The summed E-state index contributed by atoms with van der Waals surface area (Å²) in [7, 11) is 1.20. The number of ether oxygens (including phenoxy) is 2. The number of fused-ring (bicyclic) bond motifs is 2. The van der Waals surface area contributed by atoms with Crippen LogP contribution in [0.3, 0.4) is 0 Å². The fourth-order valence-corrected chi connectivity index (χ4v) is 3.38. The first-order valence-corrected chi connectivity index (χ1v) is 8.01. The summed E-state index contributed by atoms with van der Waals surface area (Å²) in [5.41, 5.74) is 0.975. The third-order valence-electron chi connectivity index (χ3n) is 4.54. The predicted molar refractivity (Wildman–Crippen MR) is 85.7 cm³/mol. The molecule has 2 aliphatic heterocycles. The first-order chi connectivity index (χ1) is 11.9. The molecule has 2 heterocycles. The summed E-state index contributed by atoms with van der Waals surface area (Å²) in [6.07, 6.45) is -0.654. The Morgan fingerprint density at radius 1 is 1.16 bits per heavy atom. The number of rotatable bonds is 4. The van der Waals surface area contributed by atoms with Crippen molar-refractivity contribution in [2.45, 2.75) is 38.3 Å². The molecular weight excluding hydrogens is 328 g/mol. The largest absolute Gasteiger partial charge is 0.453 e. The van der Waals surface area contributed by atoms with Gasteiger partial charge in [0.25, 0.3) is 0 Å². The minimum Gasteiger partial charge on any atom is -0.453 e. The summed E-state index contributed by atoms with van der Waals surface area (Å²) in [6, 6.07) is 6.09. The van der Waals surface area contributed by atoms with Gasteiger partial charge in [-0.1, -0.05) is 25.1 Å². The van der Waals surface area contributed by atoms with Crippen LogP contribution < -0.4 is 0 Å². The van der Waals surface area contributed by atoms with Crippen molar-refractivity contribution in [2.75, 3.05) is 7.11 Å². The van der Waals surface area contributed by atoms with Crippen LogP contribution in [-0.4, -0.2) is 48.6 Å². The molecule has 0 spiro atoms. The maximum atomic E-state index is 12.6. The highest BCUT2D eigenvalue weighted by molar-refractivity contribution is 6.03. The molecule has 3 rings (SSSR count). The molecule has 0 unspecified atom stereocenters. The van der Waals surface area contributed by atoms with Crippen LogP contribution in [0.1, 0.15) is 34.6 Å². The Kier molecular flexibility index (Phi) is 4.89. The number of carbonyl (C=O) groups is 2. The van der Waals surface area contributed by atoms with Crippen molar-refractivity contribution in [3.63, 3.8) is 0 Å². The number of hydrogen-bond acceptors (Lipinski definition) is 7. The van der Waals surface area contributed by atoms with Gasteiger partial charge in [0.1, 0.15) is 18.3 Å². The van der Waals surface area contributed by atoms with E-state index in [9.17, 15) is 14.7 Å². The van der Waals surface area contributed by atoms with E-state index in [1.165, 1.54) is 19.2 Å². The van der Waals surface area contributed by atoms with Gasteiger partial charge in [0.15, 0.2) is 6.10 Å². The van der Waals surface area contributed by atoms with Crippen molar-refractivity contribution in [2.24, 2.45) is 5.92 Å². The van der Waals surface area contributed by atoms with Crippen LogP contribution in [0.5, 0.6) is 0 Å². The average molecular weight is 348 g/mol. The van der Waals surface area contributed by atoms with Crippen LogP contribution in [0.25, 0.3) is 0 Å². The lowest BCUT2D eigenvalue weighted by Gasteiger charge is -2.26. The van der Waals surface area contributed by atoms with E-state index in [2.05, 4.69) is 9.78 Å². The molecule has 5 atom stereocenters. The molecular formula is C18H20O7. The third-order valence-corrected chi connectivity index (χ3v) is 4.54. The average Bonchev–Trinajstić information content (AvgIpc) is 2.88. The first kappa shape index (κ1) is 17.6. The molecule has 0 radical (unpaired) electrons. The second-order valence-electron chi connectivity index (χ2n) is 6.23. The molecule has 1 aromatic rings. The van der Waals surface area contributed by atoms with Gasteiger partial charge in [0.2, 0.25) is 0 Å². The zero-order valence-corrected chi connectivity index (χ0v) is 14.2. The molecule has 7 heteroatoms. The molecule has 0 aromatic heterocycles. The van der Waals surface area contributed by atoms with E-state index < -0.39 is 36.4 Å². The summed E-state index contributed by atoms with van der Waals surface area (Å²) < 4.78 is 11.3. The summed E-state index contributed by atoms with van der Waals surface area (Å²) in [5.74, 6) is -1.53. The highest BCUT2D eigenvalue weighted by Gasteiger charge is 2.51. The normalized spacial score (nSPS) is 30.6. The van der Waals surface area contributed by atoms with Gasteiger partial charge in [-0.15, -0.1) is 0 Å². The van der Waals surface area contributed by atoms with E-state index in [4.69, 9.17) is 9.47 Å². The maximum Gasteiger partial charge on any atom is 0.373 e. The van der Waals surface area contributed by atoms with E-state index in [0.29, 0.717) is 0 Å². The van der Waals surface area contributed by atoms with E-state index >= 15 is 0 Å². The molecule has 25 heavy (non-hydrogen) atoms. The van der Waals surface area contributed by atoms with Crippen LogP contribution in [-0.2, 0) is 19.2 Å². The van der Waals surface area contributed by atoms with Crippen LogP contribution in [0.15, 0.2) is 35.9 Å². The van der Waals surface area contributed by atoms with Crippen LogP contribution in [0.4, 0.5) is 0 Å². The number of esters is 1. The van der Waals surface area contributed by atoms with Crippen molar-refractivity contribution in [3.8, 4) is 0 Å². The Morgan fingerprint density at radius 3 is 2.44 bits per heavy atom. The number of aliphatic hydroxyl groups is 1. The van der Waals surface area contributed by atoms with Crippen molar-refractivity contribution >= 4 is 11.9 Å². The SMILES string of the molecule is COOC(=O)c1ccccc1C(=O)O[C@@H]1[C@@H](O)[C@@H]2O[C@H]1[C@H](C)C=C2C. The highest BCUT2D eigenvalue weighted by Crippen LogP contribution is 2.38. The van der Waals surface area contributed by atoms with E-state index in [1.54, 1.807) is 12.1 Å². The monoisotopic (exact) mass is 348 g/mol. The van der Waals surface area contributed by atoms with Crippen LogP contribution in [0, 0.1) is 5.92 Å². The lowest BCUT2D eigenvalue weighted by molar-refractivity contribution is -0.216. The highest BCUT2D eigenvalue weighted by atomic mass is 17.2. The summed E-state index contributed by atoms with van der Waals surface area (Å²) in [4.78, 5) is 33.3. The van der Waals surface area contributed by atoms with Crippen molar-refractivity contribution in [1.82, 2.24) is 0 Å². The molecule has 0 saturated carbocycles. The number of carbonyl (C=O) groups excluding carboxylic acids is 2. The number of aliphatic hydroxyl groups excluding tert-OH is 1. The van der Waals surface area contributed by atoms with E-state index in [-0.39, 0.29) is 17.0 Å². The summed E-state index contributed by atoms with van der Waals surface area (Å²) >= 11 is 0. The van der Waals surface area contributed by atoms with Gasteiger partial charge in [-0.2, -0.15) is 4.89 Å². The quantitative estimate of drug-likeness (QED) is 0.383.